The monoisotopic (exact) mass is 526 g/mol. The van der Waals surface area contributed by atoms with Crippen molar-refractivity contribution in [1.82, 2.24) is 16.0 Å². The van der Waals surface area contributed by atoms with Gasteiger partial charge in [0, 0.05) is 42.8 Å². The van der Waals surface area contributed by atoms with E-state index in [0.29, 0.717) is 12.8 Å². The predicted octanol–water partition coefficient (Wildman–Crippen LogP) is 2.43. The summed E-state index contributed by atoms with van der Waals surface area (Å²) in [6, 6.07) is 2.60. The maximum Gasteiger partial charge on any atom is 0.289 e. The van der Waals surface area contributed by atoms with Crippen molar-refractivity contribution < 1.29 is 32.8 Å². The van der Waals surface area contributed by atoms with Crippen molar-refractivity contribution in [3.63, 3.8) is 0 Å². The van der Waals surface area contributed by atoms with Crippen LogP contribution in [0.3, 0.4) is 0 Å². The molecule has 1 aliphatic heterocycles. The maximum atomic E-state index is 13.8. The Morgan fingerprint density at radius 2 is 1.97 bits per heavy atom. The van der Waals surface area contributed by atoms with Crippen LogP contribution in [0.25, 0.3) is 0 Å². The minimum atomic E-state index is -2.93. The number of Topliss-reactive ketones (excluding diaryl/α,β-unsaturated/α-hetero) is 1. The summed E-state index contributed by atoms with van der Waals surface area (Å²) in [5, 5.41) is 10.1. The van der Waals surface area contributed by atoms with E-state index < -0.39 is 53.7 Å². The Morgan fingerprint density at radius 3 is 2.58 bits per heavy atom. The second-order valence-corrected chi connectivity index (χ2v) is 9.81. The van der Waals surface area contributed by atoms with E-state index >= 15 is 0 Å². The number of amides is 4. The molecule has 1 aliphatic carbocycles. The first-order chi connectivity index (χ1) is 16.9. The molecule has 1 saturated carbocycles. The molecule has 0 aromatic heterocycles. The Morgan fingerprint density at radius 1 is 1.25 bits per heavy atom. The molecule has 4 atom stereocenters. The molecular weight excluding hydrogens is 498 g/mol. The molecule has 1 unspecified atom stereocenters. The van der Waals surface area contributed by atoms with Crippen molar-refractivity contribution in [2.75, 3.05) is 12.4 Å². The molecule has 1 aromatic carbocycles. The molecule has 36 heavy (non-hydrogen) atoms. The number of benzene rings is 1. The molecule has 0 radical (unpaired) electrons. The summed E-state index contributed by atoms with van der Waals surface area (Å²) in [6.45, 7) is 1.80. The molecule has 4 N–H and O–H groups in total. The molecule has 4 amide bonds. The fraction of sp³-hybridized carbons (Fsp3) is 0.542. The van der Waals surface area contributed by atoms with E-state index in [1.165, 1.54) is 25.2 Å². The number of rotatable bonds is 8. The number of hydrogen-bond donors (Lipinski definition) is 4. The zero-order valence-corrected chi connectivity index (χ0v) is 20.7. The van der Waals surface area contributed by atoms with Gasteiger partial charge in [0.25, 0.3) is 11.8 Å². The topological polar surface area (TPSA) is 133 Å². The molecule has 9 nitrogen and oxygen atoms in total. The third-order valence-electron chi connectivity index (χ3n) is 6.49. The van der Waals surface area contributed by atoms with Crippen molar-refractivity contribution >= 4 is 46.7 Å². The lowest BCUT2D eigenvalue weighted by Gasteiger charge is -2.28. The summed E-state index contributed by atoms with van der Waals surface area (Å²) in [4.78, 5) is 62.8. The summed E-state index contributed by atoms with van der Waals surface area (Å²) < 4.78 is 27.6. The molecule has 1 aromatic rings. The van der Waals surface area contributed by atoms with E-state index in [2.05, 4.69) is 21.3 Å². The molecule has 1 heterocycles. The number of ketones is 1. The van der Waals surface area contributed by atoms with Crippen LogP contribution in [0.1, 0.15) is 55.8 Å². The lowest BCUT2D eigenvalue weighted by Crippen LogP contribution is -2.48. The predicted molar refractivity (Wildman–Crippen MR) is 128 cm³/mol. The van der Waals surface area contributed by atoms with Gasteiger partial charge in [-0.1, -0.05) is 11.6 Å². The molecule has 196 valence electrons. The minimum absolute atomic E-state index is 0.0224. The molecule has 1 saturated heterocycles. The number of hydrogen-bond acceptors (Lipinski definition) is 5. The van der Waals surface area contributed by atoms with Gasteiger partial charge in [0.2, 0.25) is 23.5 Å². The summed E-state index contributed by atoms with van der Waals surface area (Å²) in [6.07, 6.45) is -0.0381. The van der Waals surface area contributed by atoms with Crippen LogP contribution in [0.2, 0.25) is 5.02 Å². The molecule has 12 heteroatoms. The second kappa shape index (κ2) is 11.3. The lowest BCUT2D eigenvalue weighted by molar-refractivity contribution is -0.139. The van der Waals surface area contributed by atoms with E-state index in [1.54, 1.807) is 6.92 Å². The van der Waals surface area contributed by atoms with Crippen molar-refractivity contribution in [2.24, 2.45) is 11.8 Å². The van der Waals surface area contributed by atoms with Crippen molar-refractivity contribution in [2.45, 2.75) is 63.5 Å². The van der Waals surface area contributed by atoms with Crippen LogP contribution < -0.4 is 21.3 Å². The van der Waals surface area contributed by atoms with Gasteiger partial charge in [-0.15, -0.1) is 0 Å². The average Bonchev–Trinajstić information content (AvgIpc) is 3.14. The number of carbonyl (C=O) groups is 5. The SMILES string of the molecule is CNC(=O)C(=O)[C@H](C[C@@H]1C[C@@H](C)NC1=O)NC(=O)c1cc(Cl)ccc1NC(=O)C1CCCC(F)(F)C1. The van der Waals surface area contributed by atoms with E-state index in [1.807, 2.05) is 0 Å². The van der Waals surface area contributed by atoms with E-state index in [-0.39, 0.29) is 47.5 Å². The van der Waals surface area contributed by atoms with Crippen LogP contribution in [0.4, 0.5) is 14.5 Å². The van der Waals surface area contributed by atoms with Crippen molar-refractivity contribution in [3.05, 3.63) is 28.8 Å². The standard InChI is InChI=1S/C24H29ClF2N4O5/c1-12-8-14(21(34)29-12)9-18(19(32)23(36)28-2)31-22(35)16-10-15(25)5-6-17(16)30-20(33)13-4-3-7-24(26,27)11-13/h5-6,10,12-14,18H,3-4,7-9,11H2,1-2H3,(H,28,36)(H,29,34)(H,30,33)(H,31,35)/t12-,13?,14+,18+/m1/s1. The van der Waals surface area contributed by atoms with Crippen LogP contribution >= 0.6 is 11.6 Å². The first kappa shape index (κ1) is 27.5. The Bertz CT molecular complexity index is 1070. The quantitative estimate of drug-likeness (QED) is 0.386. The van der Waals surface area contributed by atoms with E-state index in [9.17, 15) is 32.8 Å². The molecular formula is C24H29ClF2N4O5. The number of nitrogens with one attached hydrogen (secondary N) is 4. The highest BCUT2D eigenvalue weighted by molar-refractivity contribution is 6.38. The third kappa shape index (κ3) is 6.77. The number of likely N-dealkylation sites (N-methyl/N-ethyl adjacent to an activating group) is 1. The fourth-order valence-corrected chi connectivity index (χ4v) is 4.81. The Hall–Kier alpha value is -3.08. The molecule has 2 aliphatic rings. The average molecular weight is 527 g/mol. The Balaban J connectivity index is 1.81. The zero-order chi connectivity index (χ0) is 26.6. The van der Waals surface area contributed by atoms with Gasteiger partial charge in [-0.2, -0.15) is 0 Å². The highest BCUT2D eigenvalue weighted by Gasteiger charge is 2.40. The minimum Gasteiger partial charge on any atom is -0.353 e. The molecule has 3 rings (SSSR count). The second-order valence-electron chi connectivity index (χ2n) is 9.38. The highest BCUT2D eigenvalue weighted by atomic mass is 35.5. The van der Waals surface area contributed by atoms with Gasteiger partial charge >= 0.3 is 0 Å². The summed E-state index contributed by atoms with van der Waals surface area (Å²) in [5.74, 6) is -8.09. The van der Waals surface area contributed by atoms with Crippen LogP contribution in [0.5, 0.6) is 0 Å². The van der Waals surface area contributed by atoms with E-state index in [0.717, 1.165) is 0 Å². The maximum absolute atomic E-state index is 13.8. The van der Waals surface area contributed by atoms with Gasteiger partial charge in [0.15, 0.2) is 0 Å². The van der Waals surface area contributed by atoms with Gasteiger partial charge in [0.1, 0.15) is 0 Å². The summed E-state index contributed by atoms with van der Waals surface area (Å²) in [7, 11) is 1.27. The number of carbonyl (C=O) groups excluding carboxylic acids is 5. The van der Waals surface area contributed by atoms with Gasteiger partial charge in [-0.3, -0.25) is 24.0 Å². The molecule has 2 fully saturated rings. The van der Waals surface area contributed by atoms with Gasteiger partial charge in [-0.25, -0.2) is 8.78 Å². The Kier molecular flexibility index (Phi) is 8.65. The largest absolute Gasteiger partial charge is 0.353 e. The third-order valence-corrected chi connectivity index (χ3v) is 6.72. The van der Waals surface area contributed by atoms with Crippen LogP contribution in [-0.2, 0) is 19.2 Å². The molecule has 0 spiro atoms. The van der Waals surface area contributed by atoms with Gasteiger partial charge in [0.05, 0.1) is 17.3 Å². The van der Waals surface area contributed by atoms with Crippen LogP contribution in [0, 0.1) is 11.8 Å². The Labute approximate surface area is 212 Å². The van der Waals surface area contributed by atoms with Crippen LogP contribution in [-0.4, -0.2) is 54.5 Å². The zero-order valence-electron chi connectivity index (χ0n) is 20.0. The highest BCUT2D eigenvalue weighted by Crippen LogP contribution is 2.37. The number of anilines is 1. The smallest absolute Gasteiger partial charge is 0.289 e. The first-order valence-corrected chi connectivity index (χ1v) is 12.1. The number of alkyl halides is 2. The first-order valence-electron chi connectivity index (χ1n) is 11.8. The normalized spacial score (nSPS) is 23.8. The van der Waals surface area contributed by atoms with Crippen molar-refractivity contribution in [1.29, 1.82) is 0 Å². The summed E-state index contributed by atoms with van der Waals surface area (Å²) >= 11 is 6.05. The van der Waals surface area contributed by atoms with Gasteiger partial charge < -0.3 is 21.3 Å². The van der Waals surface area contributed by atoms with Crippen molar-refractivity contribution in [3.8, 4) is 0 Å². The lowest BCUT2D eigenvalue weighted by atomic mass is 9.86. The fourth-order valence-electron chi connectivity index (χ4n) is 4.63. The summed E-state index contributed by atoms with van der Waals surface area (Å²) in [5.41, 5.74) is -0.0912. The number of halogens is 3. The van der Waals surface area contributed by atoms with E-state index in [4.69, 9.17) is 11.6 Å². The van der Waals surface area contributed by atoms with Gasteiger partial charge in [-0.05, 0) is 50.8 Å². The van der Waals surface area contributed by atoms with Crippen LogP contribution in [0.15, 0.2) is 18.2 Å². The molecule has 0 bridgehead atoms.